The summed E-state index contributed by atoms with van der Waals surface area (Å²) in [6.45, 7) is 40.1. The second-order valence-electron chi connectivity index (χ2n) is 20.0. The number of unbranched alkanes of at least 4 members (excludes halogenated alkanes) is 12. The van der Waals surface area contributed by atoms with Crippen molar-refractivity contribution in [3.05, 3.63) is 50.6 Å². The van der Waals surface area contributed by atoms with E-state index in [4.69, 9.17) is 0 Å². The zero-order valence-electron chi connectivity index (χ0n) is 41.7. The Balaban J connectivity index is -0.000000495. The fraction of sp³-hybridized carbons (Fsp3) is 0.846. The molecule has 2 fully saturated rings. The van der Waals surface area contributed by atoms with Crippen molar-refractivity contribution in [2.24, 2.45) is 23.7 Å². The van der Waals surface area contributed by atoms with Crippen molar-refractivity contribution < 1.29 is 114 Å². The van der Waals surface area contributed by atoms with Crippen molar-refractivity contribution in [1.29, 1.82) is 0 Å². The predicted molar refractivity (Wildman–Crippen MR) is 252 cm³/mol. The van der Waals surface area contributed by atoms with Gasteiger partial charge in [0.05, 0.1) is 67.2 Å². The van der Waals surface area contributed by atoms with Crippen LogP contribution in [-0.2, 0) is 0 Å². The normalized spacial score (nSPS) is 24.1. The molecule has 0 spiro atoms. The highest BCUT2D eigenvalue weighted by atomic mass is 127. The molecule has 0 aromatic rings. The molecular weight excluding hydrogens is 1190 g/mol. The van der Waals surface area contributed by atoms with E-state index in [2.05, 4.69) is 120 Å². The number of likely N-dealkylation sites (N-methyl/N-ethyl adjacent to an activating group) is 2. The fourth-order valence-electron chi connectivity index (χ4n) is 12.2. The molecule has 360 valence electrons. The molecule has 0 aromatic heterocycles. The summed E-state index contributed by atoms with van der Waals surface area (Å²) >= 11 is 0. The topological polar surface area (TPSA) is 0 Å². The zero-order valence-corrected chi connectivity index (χ0v) is 50.3. The van der Waals surface area contributed by atoms with E-state index in [1.165, 1.54) is 164 Å². The van der Waals surface area contributed by atoms with Gasteiger partial charge in [-0.2, -0.15) is 0 Å². The van der Waals surface area contributed by atoms with Crippen LogP contribution in [0.2, 0.25) is 0 Å². The summed E-state index contributed by atoms with van der Waals surface area (Å²) in [6.07, 6.45) is 37.4. The van der Waals surface area contributed by atoms with Gasteiger partial charge in [0, 0.05) is 23.7 Å². The van der Waals surface area contributed by atoms with Crippen LogP contribution in [0.25, 0.3) is 0 Å². The van der Waals surface area contributed by atoms with E-state index < -0.39 is 0 Å². The van der Waals surface area contributed by atoms with Crippen molar-refractivity contribution in [2.45, 2.75) is 182 Å². The van der Waals surface area contributed by atoms with Crippen LogP contribution in [0.1, 0.15) is 170 Å². The molecule has 2 rings (SSSR count). The maximum atomic E-state index is 4.03. The Morgan fingerprint density at radius 1 is 0.433 bits per heavy atom. The Hall–Kier alpha value is 1.72. The molecule has 2 heterocycles. The Morgan fingerprint density at radius 2 is 0.683 bits per heavy atom. The molecule has 0 radical (unpaired) electrons. The van der Waals surface area contributed by atoms with Gasteiger partial charge in [-0.1, -0.05) is 145 Å². The number of halogens is 4. The first-order valence-corrected chi connectivity index (χ1v) is 24.6. The molecule has 4 unspecified atom stereocenters. The monoisotopic (exact) mass is 1290 g/mol. The molecule has 0 aromatic carbocycles. The van der Waals surface area contributed by atoms with Gasteiger partial charge < -0.3 is 95.9 Å². The predicted octanol–water partition coefficient (Wildman–Crippen LogP) is 1.58. The maximum Gasteiger partial charge on any atom is 0.217 e. The quantitative estimate of drug-likeness (QED) is 0.0316. The number of hydrogen-bond donors (Lipinski definition) is 0. The second-order valence-corrected chi connectivity index (χ2v) is 20.0. The third-order valence-corrected chi connectivity index (χ3v) is 15.2. The summed E-state index contributed by atoms with van der Waals surface area (Å²) < 4.78 is 4.66. The second kappa shape index (κ2) is 37.8. The van der Waals surface area contributed by atoms with Gasteiger partial charge >= 0.3 is 0 Å². The van der Waals surface area contributed by atoms with Crippen molar-refractivity contribution in [2.75, 3.05) is 80.5 Å². The van der Waals surface area contributed by atoms with Gasteiger partial charge in [0.2, 0.25) is 12.3 Å². The summed E-state index contributed by atoms with van der Waals surface area (Å²) in [5, 5.41) is 0. The molecule has 2 saturated heterocycles. The van der Waals surface area contributed by atoms with Crippen LogP contribution in [0.15, 0.2) is 50.6 Å². The lowest BCUT2D eigenvalue weighted by Gasteiger charge is -2.49. The third-order valence-electron chi connectivity index (χ3n) is 15.2. The highest BCUT2D eigenvalue weighted by Gasteiger charge is 2.56. The van der Waals surface area contributed by atoms with E-state index in [0.717, 1.165) is 65.0 Å². The molecule has 0 saturated carbocycles. The minimum atomic E-state index is 0. The summed E-state index contributed by atoms with van der Waals surface area (Å²) in [4.78, 5) is 0. The van der Waals surface area contributed by atoms with E-state index in [9.17, 15) is 0 Å². The largest absolute Gasteiger partial charge is 1.00 e. The van der Waals surface area contributed by atoms with Crippen molar-refractivity contribution in [1.82, 2.24) is 0 Å². The lowest BCUT2D eigenvalue weighted by Crippen LogP contribution is -3.00. The molecule has 4 nitrogen and oxygen atoms in total. The van der Waals surface area contributed by atoms with Crippen LogP contribution in [0, 0.1) is 23.7 Å². The summed E-state index contributed by atoms with van der Waals surface area (Å²) in [5.74, 6) is 3.81. The SMILES string of the molecule is C=CC[N+](C)(CC=C)C(CCCCCCCCC)[N+](C)(CC=C)CC=C.CCCCCCCCCC([N+]1(C)CC(CC)C(CC)C1)[N+]1(C)CC(CC)C(CC)C1.[I-].[I-].[I-].[I-]. The van der Waals surface area contributed by atoms with Crippen LogP contribution < -0.4 is 95.9 Å². The maximum absolute atomic E-state index is 4.03. The lowest BCUT2D eigenvalue weighted by atomic mass is 9.92. The van der Waals surface area contributed by atoms with Gasteiger partial charge in [-0.3, -0.25) is 17.9 Å². The molecule has 0 bridgehead atoms. The number of nitrogens with zero attached hydrogens (tertiary/aromatic N) is 4. The molecular formula is C52H104I4N4. The zero-order chi connectivity index (χ0) is 42.1. The van der Waals surface area contributed by atoms with Gasteiger partial charge in [-0.05, 0) is 62.8 Å². The van der Waals surface area contributed by atoms with Crippen LogP contribution in [0.5, 0.6) is 0 Å². The van der Waals surface area contributed by atoms with Crippen molar-refractivity contribution in [3.8, 4) is 0 Å². The molecule has 2 aliphatic heterocycles. The first-order valence-electron chi connectivity index (χ1n) is 24.6. The molecule has 4 atom stereocenters. The van der Waals surface area contributed by atoms with E-state index in [1.54, 1.807) is 0 Å². The average Bonchev–Trinajstić information content (AvgIpc) is 3.70. The molecule has 60 heavy (non-hydrogen) atoms. The summed E-state index contributed by atoms with van der Waals surface area (Å²) in [6, 6.07) is 0. The fourth-order valence-corrected chi connectivity index (χ4v) is 12.2. The molecule has 0 aliphatic carbocycles. The van der Waals surface area contributed by atoms with E-state index in [-0.39, 0.29) is 95.9 Å². The first kappa shape index (κ1) is 68.3. The number of likely N-dealkylation sites (tertiary alicyclic amines) is 2. The van der Waals surface area contributed by atoms with E-state index in [0.29, 0.717) is 6.17 Å². The highest BCUT2D eigenvalue weighted by molar-refractivity contribution is 4.80. The van der Waals surface area contributed by atoms with E-state index >= 15 is 0 Å². The summed E-state index contributed by atoms with van der Waals surface area (Å²) in [7, 11) is 10.0. The average molecular weight is 1290 g/mol. The number of hydrogen-bond acceptors (Lipinski definition) is 0. The van der Waals surface area contributed by atoms with Crippen molar-refractivity contribution in [3.63, 3.8) is 0 Å². The Morgan fingerprint density at radius 3 is 0.933 bits per heavy atom. The van der Waals surface area contributed by atoms with Gasteiger partial charge in [0.15, 0.2) is 0 Å². The van der Waals surface area contributed by atoms with Gasteiger partial charge in [-0.15, -0.1) is 0 Å². The van der Waals surface area contributed by atoms with Crippen LogP contribution in [0.3, 0.4) is 0 Å². The van der Waals surface area contributed by atoms with Gasteiger partial charge in [0.25, 0.3) is 0 Å². The number of quaternary nitrogens is 4. The molecule has 0 N–H and O–H groups in total. The minimum absolute atomic E-state index is 0. The Kier molecular flexibility index (Phi) is 43.0. The van der Waals surface area contributed by atoms with Crippen LogP contribution in [-0.4, -0.2) is 111 Å². The van der Waals surface area contributed by atoms with Crippen LogP contribution in [0.4, 0.5) is 0 Å². The Labute approximate surface area is 446 Å². The smallest absolute Gasteiger partial charge is 0.217 e. The minimum Gasteiger partial charge on any atom is -1.00 e. The highest BCUT2D eigenvalue weighted by Crippen LogP contribution is 2.43. The summed E-state index contributed by atoms with van der Waals surface area (Å²) in [5.41, 5.74) is 0. The van der Waals surface area contributed by atoms with E-state index in [1.807, 2.05) is 0 Å². The van der Waals surface area contributed by atoms with Gasteiger partial charge in [0.1, 0.15) is 26.2 Å². The number of rotatable bonds is 32. The van der Waals surface area contributed by atoms with Crippen LogP contribution >= 0.6 is 0 Å². The first-order chi connectivity index (χ1) is 26.8. The lowest BCUT2D eigenvalue weighted by molar-refractivity contribution is -1.11. The standard InChI is InChI=1S/C28H58N2.C24H46N2.4HI/c1-8-13-14-15-16-17-18-19-28(29(6)20-24(9-2)25(10-3)21-29)30(7)22-26(11-4)27(12-5)23-30;1-8-13-14-15-16-17-18-19-24(25(6,20-9-2)21-10-3)26(7,22-11-4)23-12-5;;;;/h24-28H,8-23H2,1-7H3;9-12,24H,2-5,8,13-23H2,1,6-7H3;4*1H/q2*+2;;;;/p-4. The van der Waals surface area contributed by atoms with Crippen molar-refractivity contribution >= 4 is 0 Å². The Bertz CT molecular complexity index is 961. The molecule has 8 heteroatoms. The van der Waals surface area contributed by atoms with Gasteiger partial charge in [-0.25, -0.2) is 0 Å². The molecule has 0 amide bonds. The molecule has 2 aliphatic rings. The third kappa shape index (κ3) is 22.5.